The third-order valence-electron chi connectivity index (χ3n) is 5.81. The van der Waals surface area contributed by atoms with Crippen molar-refractivity contribution >= 4 is 23.0 Å². The first-order valence-electron chi connectivity index (χ1n) is 8.91. The second-order valence-corrected chi connectivity index (χ2v) is 7.51. The summed E-state index contributed by atoms with van der Waals surface area (Å²) < 4.78 is 39.1. The van der Waals surface area contributed by atoms with Crippen LogP contribution in [0, 0.1) is 5.92 Å². The Labute approximate surface area is 153 Å². The molecule has 1 N–H and O–H groups in total. The molecule has 0 radical (unpaired) electrons. The van der Waals surface area contributed by atoms with Crippen molar-refractivity contribution in [2.45, 2.75) is 24.6 Å². The van der Waals surface area contributed by atoms with Crippen molar-refractivity contribution in [3.05, 3.63) is 53.6 Å². The number of rotatable bonds is 3. The Morgan fingerprint density at radius 1 is 1.07 bits per heavy atom. The number of nitrogens with zero attached hydrogens (tertiary/aromatic N) is 2. The molecule has 2 atom stereocenters. The van der Waals surface area contributed by atoms with Gasteiger partial charge in [0.25, 0.3) is 0 Å². The highest BCUT2D eigenvalue weighted by Crippen LogP contribution is 2.59. The van der Waals surface area contributed by atoms with Gasteiger partial charge in [0.2, 0.25) is 0 Å². The SMILES string of the molecule is O=C(O)C1CN(c2cccc(N3c4ccc(C(F)(F)F)cc4C4CC43)c2)C1. The van der Waals surface area contributed by atoms with Gasteiger partial charge in [0.15, 0.2) is 0 Å². The average Bonchev–Trinajstić information content (AvgIpc) is 3.27. The summed E-state index contributed by atoms with van der Waals surface area (Å²) in [5.41, 5.74) is 2.91. The molecule has 2 aliphatic heterocycles. The topological polar surface area (TPSA) is 43.8 Å². The number of carboxylic acid groups (broad SMARTS) is 1. The van der Waals surface area contributed by atoms with Crippen molar-refractivity contribution in [3.63, 3.8) is 0 Å². The second-order valence-electron chi connectivity index (χ2n) is 7.51. The first-order valence-corrected chi connectivity index (χ1v) is 8.91. The van der Waals surface area contributed by atoms with Crippen LogP contribution in [0.1, 0.15) is 23.5 Å². The molecule has 2 unspecified atom stereocenters. The fourth-order valence-electron chi connectivity index (χ4n) is 4.24. The van der Waals surface area contributed by atoms with E-state index in [0.717, 1.165) is 35.1 Å². The number of carboxylic acids is 1. The van der Waals surface area contributed by atoms with Crippen LogP contribution in [-0.4, -0.2) is 30.2 Å². The number of alkyl halides is 3. The van der Waals surface area contributed by atoms with Gasteiger partial charge in [-0.2, -0.15) is 13.2 Å². The number of aliphatic carboxylic acids is 1. The number of fused-ring (bicyclic) bond motifs is 3. The van der Waals surface area contributed by atoms with E-state index < -0.39 is 17.7 Å². The summed E-state index contributed by atoms with van der Waals surface area (Å²) in [5, 5.41) is 9.04. The lowest BCUT2D eigenvalue weighted by Gasteiger charge is -2.39. The van der Waals surface area contributed by atoms with Crippen LogP contribution in [0.15, 0.2) is 42.5 Å². The molecule has 140 valence electrons. The molecular weight excluding hydrogens is 357 g/mol. The van der Waals surface area contributed by atoms with Gasteiger partial charge in [-0.3, -0.25) is 4.79 Å². The number of halogens is 3. The first kappa shape index (κ1) is 16.5. The van der Waals surface area contributed by atoms with E-state index in [1.807, 2.05) is 29.2 Å². The highest BCUT2D eigenvalue weighted by molar-refractivity contribution is 5.79. The summed E-state index contributed by atoms with van der Waals surface area (Å²) >= 11 is 0. The van der Waals surface area contributed by atoms with Gasteiger partial charge in [-0.1, -0.05) is 6.07 Å². The van der Waals surface area contributed by atoms with Crippen molar-refractivity contribution in [1.82, 2.24) is 0 Å². The van der Waals surface area contributed by atoms with Gasteiger partial charge < -0.3 is 14.9 Å². The number of anilines is 3. The van der Waals surface area contributed by atoms with Crippen LogP contribution in [-0.2, 0) is 11.0 Å². The van der Waals surface area contributed by atoms with E-state index in [4.69, 9.17) is 5.11 Å². The third kappa shape index (κ3) is 2.56. The minimum Gasteiger partial charge on any atom is -0.481 e. The van der Waals surface area contributed by atoms with Crippen LogP contribution in [0.5, 0.6) is 0 Å². The molecule has 1 saturated heterocycles. The van der Waals surface area contributed by atoms with E-state index in [1.54, 1.807) is 6.07 Å². The lowest BCUT2D eigenvalue weighted by Crippen LogP contribution is -2.50. The van der Waals surface area contributed by atoms with Crippen LogP contribution < -0.4 is 9.80 Å². The summed E-state index contributed by atoms with van der Waals surface area (Å²) in [7, 11) is 0. The molecule has 2 aromatic rings. The van der Waals surface area contributed by atoms with E-state index in [-0.39, 0.29) is 17.9 Å². The largest absolute Gasteiger partial charge is 0.481 e. The Balaban J connectivity index is 1.44. The Kier molecular flexibility index (Phi) is 3.30. The van der Waals surface area contributed by atoms with Crippen molar-refractivity contribution in [3.8, 4) is 0 Å². The first-order chi connectivity index (χ1) is 12.8. The van der Waals surface area contributed by atoms with Gasteiger partial charge in [-0.25, -0.2) is 0 Å². The maximum absolute atomic E-state index is 13.0. The third-order valence-corrected chi connectivity index (χ3v) is 5.81. The second kappa shape index (κ2) is 5.41. The minimum absolute atomic E-state index is 0.159. The lowest BCUT2D eigenvalue weighted by molar-refractivity contribution is -0.142. The molecule has 27 heavy (non-hydrogen) atoms. The maximum atomic E-state index is 13.0. The molecule has 4 nitrogen and oxygen atoms in total. The maximum Gasteiger partial charge on any atom is 0.416 e. The van der Waals surface area contributed by atoms with Gasteiger partial charge in [0.1, 0.15) is 0 Å². The molecule has 7 heteroatoms. The highest BCUT2D eigenvalue weighted by Gasteiger charge is 2.52. The van der Waals surface area contributed by atoms with E-state index in [2.05, 4.69) is 4.90 Å². The quantitative estimate of drug-likeness (QED) is 0.873. The molecule has 0 aromatic heterocycles. The molecule has 0 amide bonds. The molecule has 0 bridgehead atoms. The predicted octanol–water partition coefficient (Wildman–Crippen LogP) is 4.23. The van der Waals surface area contributed by atoms with Crippen molar-refractivity contribution in [2.24, 2.45) is 5.92 Å². The molecule has 2 aromatic carbocycles. The molecule has 1 aliphatic carbocycles. The summed E-state index contributed by atoms with van der Waals surface area (Å²) in [4.78, 5) is 15.1. The van der Waals surface area contributed by atoms with Crippen LogP contribution in [0.25, 0.3) is 0 Å². The lowest BCUT2D eigenvalue weighted by atomic mass is 9.99. The molecule has 3 aliphatic rings. The standard InChI is InChI=1S/C20H17F3N2O2/c21-20(22,23)12-4-5-17-15(6-12)16-8-18(16)25(17)14-3-1-2-13(7-14)24-9-11(10-24)19(26)27/h1-7,11,16,18H,8-10H2,(H,26,27). The zero-order valence-electron chi connectivity index (χ0n) is 14.3. The number of benzene rings is 2. The Morgan fingerprint density at radius 3 is 2.52 bits per heavy atom. The van der Waals surface area contributed by atoms with Crippen LogP contribution in [0.3, 0.4) is 0 Å². The number of carbonyl (C=O) groups is 1. The number of hydrogen-bond acceptors (Lipinski definition) is 3. The Hall–Kier alpha value is -2.70. The van der Waals surface area contributed by atoms with Crippen molar-refractivity contribution in [1.29, 1.82) is 0 Å². The van der Waals surface area contributed by atoms with Crippen molar-refractivity contribution in [2.75, 3.05) is 22.9 Å². The van der Waals surface area contributed by atoms with Gasteiger partial charge >= 0.3 is 12.1 Å². The average molecular weight is 374 g/mol. The Morgan fingerprint density at radius 2 is 1.81 bits per heavy atom. The van der Waals surface area contributed by atoms with Crippen LogP contribution in [0.2, 0.25) is 0 Å². The molecular formula is C20H17F3N2O2. The van der Waals surface area contributed by atoms with E-state index in [1.165, 1.54) is 6.07 Å². The van der Waals surface area contributed by atoms with Crippen LogP contribution in [0.4, 0.5) is 30.2 Å². The highest BCUT2D eigenvalue weighted by atomic mass is 19.4. The monoisotopic (exact) mass is 374 g/mol. The zero-order chi connectivity index (χ0) is 18.9. The van der Waals surface area contributed by atoms with E-state index in [9.17, 15) is 18.0 Å². The fourth-order valence-corrected chi connectivity index (χ4v) is 4.24. The zero-order valence-corrected chi connectivity index (χ0v) is 14.3. The van der Waals surface area contributed by atoms with Gasteiger partial charge in [-0.15, -0.1) is 0 Å². The summed E-state index contributed by atoms with van der Waals surface area (Å²) in [6, 6.07) is 12.0. The predicted molar refractivity (Wildman–Crippen MR) is 94.5 cm³/mol. The van der Waals surface area contributed by atoms with Crippen molar-refractivity contribution < 1.29 is 23.1 Å². The summed E-state index contributed by atoms with van der Waals surface area (Å²) in [6.45, 7) is 0.965. The molecule has 2 heterocycles. The van der Waals surface area contributed by atoms with Crippen LogP contribution >= 0.6 is 0 Å². The summed E-state index contributed by atoms with van der Waals surface area (Å²) in [6.07, 6.45) is -3.46. The normalized spacial score (nSPS) is 23.7. The van der Waals surface area contributed by atoms with E-state index >= 15 is 0 Å². The molecule has 2 fully saturated rings. The smallest absolute Gasteiger partial charge is 0.416 e. The molecule has 0 spiro atoms. The molecule has 5 rings (SSSR count). The minimum atomic E-state index is -4.33. The van der Waals surface area contributed by atoms with E-state index in [0.29, 0.717) is 13.1 Å². The molecule has 1 saturated carbocycles. The summed E-state index contributed by atoms with van der Waals surface area (Å²) in [5.74, 6) is -0.960. The fraction of sp³-hybridized carbons (Fsp3) is 0.350. The Bertz CT molecular complexity index is 937. The number of hydrogen-bond donors (Lipinski definition) is 1. The van der Waals surface area contributed by atoms with Gasteiger partial charge in [0.05, 0.1) is 11.5 Å². The van der Waals surface area contributed by atoms with Gasteiger partial charge in [0, 0.05) is 42.1 Å². The van der Waals surface area contributed by atoms with Gasteiger partial charge in [-0.05, 0) is 48.4 Å².